The van der Waals surface area contributed by atoms with E-state index in [2.05, 4.69) is 35.8 Å². The van der Waals surface area contributed by atoms with Crippen molar-refractivity contribution in [3.63, 3.8) is 0 Å². The Kier molecular flexibility index (Phi) is 6.70. The molecule has 0 aliphatic heterocycles. The van der Waals surface area contributed by atoms with Crippen molar-refractivity contribution in [3.8, 4) is 11.1 Å². The quantitative estimate of drug-likeness (QED) is 0.583. The summed E-state index contributed by atoms with van der Waals surface area (Å²) < 4.78 is 27.2. The van der Waals surface area contributed by atoms with Gasteiger partial charge < -0.3 is 5.32 Å². The zero-order chi connectivity index (χ0) is 21.8. The zero-order valence-corrected chi connectivity index (χ0v) is 18.8. The van der Waals surface area contributed by atoms with Gasteiger partial charge in [-0.3, -0.25) is 9.78 Å². The van der Waals surface area contributed by atoms with Crippen LogP contribution in [0.2, 0.25) is 0 Å². The molecule has 0 spiro atoms. The molecule has 1 aromatic carbocycles. The van der Waals surface area contributed by atoms with Crippen LogP contribution in [0.15, 0.2) is 64.4 Å². The van der Waals surface area contributed by atoms with Crippen LogP contribution in [0, 0.1) is 0 Å². The van der Waals surface area contributed by atoms with Gasteiger partial charge in [-0.15, -0.1) is 0 Å². The second-order valence-corrected chi connectivity index (χ2v) is 10.5. The number of amides is 1. The smallest absolute Gasteiger partial charge is 0.241 e. The first kappa shape index (κ1) is 22.1. The number of nitrogens with one attached hydrogen (secondary N) is 2. The molecule has 0 bridgehead atoms. The lowest BCUT2D eigenvalue weighted by atomic mass is 9.87. The number of sulfonamides is 1. The van der Waals surface area contributed by atoms with Crippen molar-refractivity contribution < 1.29 is 13.2 Å². The van der Waals surface area contributed by atoms with Crippen LogP contribution < -0.4 is 10.0 Å². The molecular weight excluding hydrogens is 418 g/mol. The fourth-order valence-corrected chi connectivity index (χ4v) is 4.46. The minimum absolute atomic E-state index is 0.0643. The maximum Gasteiger partial charge on any atom is 0.241 e. The molecule has 0 aliphatic rings. The van der Waals surface area contributed by atoms with Gasteiger partial charge in [0.05, 0.1) is 11.4 Å². The predicted molar refractivity (Wildman–Crippen MR) is 120 cm³/mol. The number of benzene rings is 1. The highest BCUT2D eigenvalue weighted by molar-refractivity contribution is 7.89. The van der Waals surface area contributed by atoms with Crippen LogP contribution in [-0.2, 0) is 26.8 Å². The fraction of sp³-hybridized carbons (Fsp3) is 0.273. The Balaban J connectivity index is 1.55. The summed E-state index contributed by atoms with van der Waals surface area (Å²) in [5.74, 6) is -0.411. The third-order valence-electron chi connectivity index (χ3n) is 4.59. The molecular formula is C22H25N3O3S2. The number of pyridine rings is 1. The number of hydrogen-bond donors (Lipinski definition) is 2. The average molecular weight is 444 g/mol. The maximum absolute atomic E-state index is 12.4. The number of aromatic nitrogens is 1. The molecule has 2 aromatic heterocycles. The third-order valence-corrected chi connectivity index (χ3v) is 6.69. The van der Waals surface area contributed by atoms with E-state index in [0.717, 1.165) is 22.3 Å². The number of rotatable bonds is 7. The SMILES string of the molecule is CC(C)(C)c1ccc(S(=O)(=O)NCC(=O)NCc2cncc(-c3ccsc3)c2)cc1. The molecule has 3 rings (SSSR count). The van der Waals surface area contributed by atoms with E-state index in [1.165, 1.54) is 0 Å². The summed E-state index contributed by atoms with van der Waals surface area (Å²) in [6.45, 7) is 6.12. The summed E-state index contributed by atoms with van der Waals surface area (Å²) in [5, 5.41) is 6.74. The van der Waals surface area contributed by atoms with E-state index in [1.54, 1.807) is 48.0 Å². The van der Waals surface area contributed by atoms with Crippen LogP contribution in [0.3, 0.4) is 0 Å². The highest BCUT2D eigenvalue weighted by Gasteiger charge is 2.18. The Morgan fingerprint density at radius 1 is 1.07 bits per heavy atom. The van der Waals surface area contributed by atoms with Crippen LogP contribution in [-0.4, -0.2) is 25.9 Å². The first-order chi connectivity index (χ1) is 14.1. The summed E-state index contributed by atoms with van der Waals surface area (Å²) in [6.07, 6.45) is 3.45. The Labute approximate surface area is 181 Å². The van der Waals surface area contributed by atoms with Gasteiger partial charge in [0, 0.05) is 24.5 Å². The fourth-order valence-electron chi connectivity index (χ4n) is 2.81. The van der Waals surface area contributed by atoms with Crippen LogP contribution in [0.5, 0.6) is 0 Å². The molecule has 158 valence electrons. The summed E-state index contributed by atoms with van der Waals surface area (Å²) in [6, 6.07) is 10.7. The van der Waals surface area contributed by atoms with Gasteiger partial charge in [0.15, 0.2) is 0 Å². The van der Waals surface area contributed by atoms with E-state index in [9.17, 15) is 13.2 Å². The molecule has 2 heterocycles. The van der Waals surface area contributed by atoms with E-state index < -0.39 is 15.9 Å². The molecule has 8 heteroatoms. The van der Waals surface area contributed by atoms with E-state index in [0.29, 0.717) is 0 Å². The molecule has 0 fully saturated rings. The van der Waals surface area contributed by atoms with Gasteiger partial charge in [-0.2, -0.15) is 11.3 Å². The van der Waals surface area contributed by atoms with E-state index in [4.69, 9.17) is 0 Å². The summed E-state index contributed by atoms with van der Waals surface area (Å²) in [5.41, 5.74) is 3.86. The van der Waals surface area contributed by atoms with Crippen LogP contribution in [0.4, 0.5) is 0 Å². The second-order valence-electron chi connectivity index (χ2n) is 7.97. The van der Waals surface area contributed by atoms with Crippen molar-refractivity contribution in [1.82, 2.24) is 15.0 Å². The minimum Gasteiger partial charge on any atom is -0.351 e. The van der Waals surface area contributed by atoms with Crippen molar-refractivity contribution in [1.29, 1.82) is 0 Å². The highest BCUT2D eigenvalue weighted by atomic mass is 32.2. The van der Waals surface area contributed by atoms with E-state index >= 15 is 0 Å². The molecule has 3 aromatic rings. The Bertz CT molecular complexity index is 1100. The number of carbonyl (C=O) groups excluding carboxylic acids is 1. The molecule has 0 saturated carbocycles. The highest BCUT2D eigenvalue weighted by Crippen LogP contribution is 2.23. The van der Waals surface area contributed by atoms with Crippen molar-refractivity contribution >= 4 is 27.3 Å². The van der Waals surface area contributed by atoms with Crippen LogP contribution in [0.25, 0.3) is 11.1 Å². The minimum atomic E-state index is -3.76. The molecule has 0 unspecified atom stereocenters. The standard InChI is InChI=1S/C22H25N3O3S2/c1-22(2,3)19-4-6-20(7-5-19)30(27,28)25-14-21(26)24-12-16-10-18(13-23-11-16)17-8-9-29-15-17/h4-11,13,15,25H,12,14H2,1-3H3,(H,24,26). The van der Waals surface area contributed by atoms with Gasteiger partial charge in [-0.05, 0) is 57.1 Å². The maximum atomic E-state index is 12.4. The lowest BCUT2D eigenvalue weighted by Crippen LogP contribution is -2.36. The summed E-state index contributed by atoms with van der Waals surface area (Å²) in [4.78, 5) is 16.5. The topological polar surface area (TPSA) is 88.2 Å². The molecule has 0 aliphatic carbocycles. The molecule has 6 nitrogen and oxygen atoms in total. The van der Waals surface area contributed by atoms with Crippen molar-refractivity contribution in [2.45, 2.75) is 37.6 Å². The molecule has 0 radical (unpaired) electrons. The lowest BCUT2D eigenvalue weighted by Gasteiger charge is -2.19. The molecule has 0 saturated heterocycles. The van der Waals surface area contributed by atoms with Gasteiger partial charge in [0.1, 0.15) is 0 Å². The summed E-state index contributed by atoms with van der Waals surface area (Å²) in [7, 11) is -3.76. The van der Waals surface area contributed by atoms with E-state index in [-0.39, 0.29) is 23.4 Å². The normalized spacial score (nSPS) is 12.0. The summed E-state index contributed by atoms with van der Waals surface area (Å²) >= 11 is 1.60. The second kappa shape index (κ2) is 9.07. The lowest BCUT2D eigenvalue weighted by molar-refractivity contribution is -0.120. The van der Waals surface area contributed by atoms with E-state index in [1.807, 2.05) is 22.9 Å². The number of thiophene rings is 1. The zero-order valence-electron chi connectivity index (χ0n) is 17.2. The first-order valence-electron chi connectivity index (χ1n) is 9.48. The number of carbonyl (C=O) groups is 1. The van der Waals surface area contributed by atoms with Gasteiger partial charge in [-0.1, -0.05) is 32.9 Å². The molecule has 2 N–H and O–H groups in total. The Hall–Kier alpha value is -2.55. The van der Waals surface area contributed by atoms with Gasteiger partial charge in [0.2, 0.25) is 15.9 Å². The Morgan fingerprint density at radius 3 is 2.43 bits per heavy atom. The van der Waals surface area contributed by atoms with Gasteiger partial charge >= 0.3 is 0 Å². The molecule has 30 heavy (non-hydrogen) atoms. The molecule has 1 amide bonds. The third kappa shape index (κ3) is 5.75. The number of nitrogens with zero attached hydrogens (tertiary/aromatic N) is 1. The van der Waals surface area contributed by atoms with Crippen molar-refractivity contribution in [2.75, 3.05) is 6.54 Å². The molecule has 0 atom stereocenters. The van der Waals surface area contributed by atoms with Crippen LogP contribution in [0.1, 0.15) is 31.9 Å². The first-order valence-corrected chi connectivity index (χ1v) is 11.9. The Morgan fingerprint density at radius 2 is 1.80 bits per heavy atom. The largest absolute Gasteiger partial charge is 0.351 e. The predicted octanol–water partition coefficient (Wildman–Crippen LogP) is 3.70. The number of hydrogen-bond acceptors (Lipinski definition) is 5. The van der Waals surface area contributed by atoms with Crippen LogP contribution >= 0.6 is 11.3 Å². The monoisotopic (exact) mass is 443 g/mol. The van der Waals surface area contributed by atoms with Gasteiger partial charge in [-0.25, -0.2) is 13.1 Å². The van der Waals surface area contributed by atoms with Crippen molar-refractivity contribution in [3.05, 3.63) is 70.7 Å². The van der Waals surface area contributed by atoms with Crippen molar-refractivity contribution in [2.24, 2.45) is 0 Å². The van der Waals surface area contributed by atoms with Gasteiger partial charge in [0.25, 0.3) is 0 Å². The average Bonchev–Trinajstić information content (AvgIpc) is 3.25.